The second-order valence-electron chi connectivity index (χ2n) is 6.02. The van der Waals surface area contributed by atoms with Crippen molar-refractivity contribution in [1.29, 1.82) is 0 Å². The van der Waals surface area contributed by atoms with Gasteiger partial charge in [-0.3, -0.25) is 0 Å². The van der Waals surface area contributed by atoms with Crippen LogP contribution in [0.1, 0.15) is 70.6 Å². The SMILES string of the molecule is CNC(CCC1CCCC1)C1CCCCC1. The van der Waals surface area contributed by atoms with Gasteiger partial charge in [0.15, 0.2) is 0 Å². The van der Waals surface area contributed by atoms with E-state index in [0.717, 1.165) is 17.9 Å². The molecule has 94 valence electrons. The Bertz CT molecular complexity index is 178. The third kappa shape index (κ3) is 3.48. The first kappa shape index (κ1) is 12.4. The fourth-order valence-corrected chi connectivity index (χ4v) is 3.87. The first-order chi connectivity index (χ1) is 7.90. The highest BCUT2D eigenvalue weighted by Gasteiger charge is 2.23. The largest absolute Gasteiger partial charge is 0.317 e. The van der Waals surface area contributed by atoms with Gasteiger partial charge in [0.05, 0.1) is 0 Å². The molecule has 0 bridgehead atoms. The predicted molar refractivity (Wildman–Crippen MR) is 70.6 cm³/mol. The molecule has 2 fully saturated rings. The van der Waals surface area contributed by atoms with Crippen LogP contribution in [0.2, 0.25) is 0 Å². The molecule has 0 heterocycles. The van der Waals surface area contributed by atoms with Crippen LogP contribution in [0.4, 0.5) is 0 Å². The van der Waals surface area contributed by atoms with E-state index in [0.29, 0.717) is 0 Å². The highest BCUT2D eigenvalue weighted by Crippen LogP contribution is 2.32. The molecule has 0 spiro atoms. The van der Waals surface area contributed by atoms with E-state index in [1.54, 1.807) is 0 Å². The lowest BCUT2D eigenvalue weighted by molar-refractivity contribution is 0.255. The van der Waals surface area contributed by atoms with Crippen LogP contribution in [0.3, 0.4) is 0 Å². The topological polar surface area (TPSA) is 12.0 Å². The Kier molecular flexibility index (Phi) is 5.15. The summed E-state index contributed by atoms with van der Waals surface area (Å²) in [5.41, 5.74) is 0. The Morgan fingerprint density at radius 2 is 1.56 bits per heavy atom. The Morgan fingerprint density at radius 3 is 2.19 bits per heavy atom. The van der Waals surface area contributed by atoms with E-state index >= 15 is 0 Å². The first-order valence-corrected chi connectivity index (χ1v) is 7.57. The van der Waals surface area contributed by atoms with E-state index in [4.69, 9.17) is 0 Å². The normalized spacial score (nSPS) is 26.1. The fourth-order valence-electron chi connectivity index (χ4n) is 3.87. The summed E-state index contributed by atoms with van der Waals surface area (Å²) in [6.45, 7) is 0. The second kappa shape index (κ2) is 6.64. The van der Waals surface area contributed by atoms with Gasteiger partial charge in [-0.2, -0.15) is 0 Å². The molecule has 1 unspecified atom stereocenters. The van der Waals surface area contributed by atoms with Crippen LogP contribution in [0.25, 0.3) is 0 Å². The molecule has 0 aromatic carbocycles. The summed E-state index contributed by atoms with van der Waals surface area (Å²) in [6, 6.07) is 0.820. The third-order valence-corrected chi connectivity index (χ3v) is 4.95. The Labute approximate surface area is 101 Å². The van der Waals surface area contributed by atoms with Crippen molar-refractivity contribution in [2.75, 3.05) is 7.05 Å². The smallest absolute Gasteiger partial charge is 0.00924 e. The van der Waals surface area contributed by atoms with Crippen LogP contribution < -0.4 is 5.32 Å². The van der Waals surface area contributed by atoms with Crippen LogP contribution in [0.15, 0.2) is 0 Å². The highest BCUT2D eigenvalue weighted by molar-refractivity contribution is 4.80. The van der Waals surface area contributed by atoms with Gasteiger partial charge in [0.25, 0.3) is 0 Å². The van der Waals surface area contributed by atoms with Gasteiger partial charge in [-0.15, -0.1) is 0 Å². The summed E-state index contributed by atoms with van der Waals surface area (Å²) in [6.07, 6.45) is 16.4. The van der Waals surface area contributed by atoms with Gasteiger partial charge in [0.1, 0.15) is 0 Å². The molecule has 2 aliphatic carbocycles. The summed E-state index contributed by atoms with van der Waals surface area (Å²) in [5, 5.41) is 3.60. The van der Waals surface area contributed by atoms with Gasteiger partial charge in [-0.05, 0) is 44.6 Å². The lowest BCUT2D eigenvalue weighted by atomic mass is 9.81. The van der Waals surface area contributed by atoms with Crippen molar-refractivity contribution in [1.82, 2.24) is 5.32 Å². The van der Waals surface area contributed by atoms with E-state index in [9.17, 15) is 0 Å². The molecule has 1 atom stereocenters. The van der Waals surface area contributed by atoms with Crippen LogP contribution in [0, 0.1) is 11.8 Å². The Hall–Kier alpha value is -0.0400. The monoisotopic (exact) mass is 223 g/mol. The molecule has 0 radical (unpaired) electrons. The molecule has 2 rings (SSSR count). The van der Waals surface area contributed by atoms with Crippen LogP contribution in [0.5, 0.6) is 0 Å². The van der Waals surface area contributed by atoms with Crippen molar-refractivity contribution in [2.45, 2.75) is 76.7 Å². The van der Waals surface area contributed by atoms with Crippen LogP contribution in [-0.4, -0.2) is 13.1 Å². The molecule has 16 heavy (non-hydrogen) atoms. The average molecular weight is 223 g/mol. The van der Waals surface area contributed by atoms with Gasteiger partial charge in [0.2, 0.25) is 0 Å². The third-order valence-electron chi connectivity index (χ3n) is 4.95. The molecule has 0 amide bonds. The zero-order valence-electron chi connectivity index (χ0n) is 11.0. The van der Waals surface area contributed by atoms with Crippen molar-refractivity contribution >= 4 is 0 Å². The lowest BCUT2D eigenvalue weighted by Gasteiger charge is -2.30. The van der Waals surface area contributed by atoms with Gasteiger partial charge in [-0.25, -0.2) is 0 Å². The van der Waals surface area contributed by atoms with Gasteiger partial charge in [0, 0.05) is 6.04 Å². The molecular formula is C15H29N. The minimum atomic E-state index is 0.820. The molecule has 0 aromatic rings. The summed E-state index contributed by atoms with van der Waals surface area (Å²) in [4.78, 5) is 0. The maximum absolute atomic E-state index is 3.60. The zero-order chi connectivity index (χ0) is 11.2. The first-order valence-electron chi connectivity index (χ1n) is 7.57. The Morgan fingerprint density at radius 1 is 0.938 bits per heavy atom. The van der Waals surface area contributed by atoms with Crippen LogP contribution in [-0.2, 0) is 0 Å². The Balaban J connectivity index is 1.70. The average Bonchev–Trinajstić information content (AvgIpc) is 2.84. The van der Waals surface area contributed by atoms with E-state index < -0.39 is 0 Å². The number of hydrogen-bond acceptors (Lipinski definition) is 1. The molecule has 1 nitrogen and oxygen atoms in total. The molecular weight excluding hydrogens is 194 g/mol. The summed E-state index contributed by atoms with van der Waals surface area (Å²) >= 11 is 0. The second-order valence-corrected chi connectivity index (χ2v) is 6.02. The maximum Gasteiger partial charge on any atom is 0.00924 e. The highest BCUT2D eigenvalue weighted by atomic mass is 14.9. The number of hydrogen-bond donors (Lipinski definition) is 1. The molecule has 0 aromatic heterocycles. The van der Waals surface area contributed by atoms with E-state index in [1.807, 2.05) is 0 Å². The summed E-state index contributed by atoms with van der Waals surface area (Å²) in [5.74, 6) is 2.06. The van der Waals surface area contributed by atoms with Gasteiger partial charge in [-0.1, -0.05) is 44.9 Å². The minimum Gasteiger partial charge on any atom is -0.317 e. The van der Waals surface area contributed by atoms with E-state index in [2.05, 4.69) is 12.4 Å². The standard InChI is InChI=1S/C15H29N/c1-16-15(14-9-3-2-4-10-14)12-11-13-7-5-6-8-13/h13-16H,2-12H2,1H3. The fraction of sp³-hybridized carbons (Fsp3) is 1.00. The van der Waals surface area contributed by atoms with Crippen molar-refractivity contribution in [3.8, 4) is 0 Å². The van der Waals surface area contributed by atoms with Crippen molar-refractivity contribution < 1.29 is 0 Å². The van der Waals surface area contributed by atoms with Crippen LogP contribution >= 0.6 is 0 Å². The molecule has 1 N–H and O–H groups in total. The zero-order valence-corrected chi connectivity index (χ0v) is 11.0. The van der Waals surface area contributed by atoms with Crippen molar-refractivity contribution in [2.24, 2.45) is 11.8 Å². The molecule has 0 saturated heterocycles. The van der Waals surface area contributed by atoms with Gasteiger partial charge < -0.3 is 5.32 Å². The van der Waals surface area contributed by atoms with E-state index in [1.165, 1.54) is 70.6 Å². The molecule has 0 aliphatic heterocycles. The van der Waals surface area contributed by atoms with Crippen molar-refractivity contribution in [3.63, 3.8) is 0 Å². The molecule has 2 saturated carbocycles. The van der Waals surface area contributed by atoms with E-state index in [-0.39, 0.29) is 0 Å². The molecule has 2 aliphatic rings. The summed E-state index contributed by atoms with van der Waals surface area (Å²) < 4.78 is 0. The quantitative estimate of drug-likeness (QED) is 0.739. The summed E-state index contributed by atoms with van der Waals surface area (Å²) in [7, 11) is 2.17. The number of rotatable bonds is 5. The predicted octanol–water partition coefficient (Wildman–Crippen LogP) is 4.13. The molecule has 1 heteroatoms. The number of nitrogens with one attached hydrogen (secondary N) is 1. The minimum absolute atomic E-state index is 0.820. The maximum atomic E-state index is 3.60. The van der Waals surface area contributed by atoms with Crippen molar-refractivity contribution in [3.05, 3.63) is 0 Å². The van der Waals surface area contributed by atoms with Gasteiger partial charge >= 0.3 is 0 Å². The lowest BCUT2D eigenvalue weighted by Crippen LogP contribution is -2.35.